The lowest BCUT2D eigenvalue weighted by atomic mass is 10.0. The molecule has 2 aliphatic heterocycles. The number of amides is 2. The number of aryl methyl sites for hydroxylation is 1. The Kier molecular flexibility index (Phi) is 6.14. The molecule has 0 unspecified atom stereocenters. The first-order valence-corrected chi connectivity index (χ1v) is 12.0. The molecule has 0 bridgehead atoms. The molecule has 1 fully saturated rings. The number of likely N-dealkylation sites (N-methyl/N-ethyl adjacent to an activating group) is 1. The molecule has 178 valence electrons. The average molecular weight is 467 g/mol. The van der Waals surface area contributed by atoms with Gasteiger partial charge >= 0.3 is 0 Å². The normalized spacial score (nSPS) is 16.9. The van der Waals surface area contributed by atoms with Crippen molar-refractivity contribution < 1.29 is 9.59 Å². The van der Waals surface area contributed by atoms with Crippen LogP contribution in [0.3, 0.4) is 0 Å². The Morgan fingerprint density at radius 3 is 2.11 bits per heavy atom. The number of hydrogen-bond acceptors (Lipinski definition) is 5. The first-order valence-electron chi connectivity index (χ1n) is 12.0. The van der Waals surface area contributed by atoms with Gasteiger partial charge in [0.25, 0.3) is 11.8 Å². The Balaban J connectivity index is 1.48. The number of benzene rings is 3. The molecular weight excluding hydrogens is 436 g/mol. The van der Waals surface area contributed by atoms with E-state index in [-0.39, 0.29) is 11.8 Å². The molecule has 0 spiro atoms. The molecule has 0 radical (unpaired) electrons. The second-order valence-electron chi connectivity index (χ2n) is 9.24. The highest BCUT2D eigenvalue weighted by Gasteiger charge is 2.40. The van der Waals surface area contributed by atoms with Gasteiger partial charge < -0.3 is 15.1 Å². The molecule has 0 saturated carbocycles. The maximum atomic E-state index is 13.7. The van der Waals surface area contributed by atoms with Crippen LogP contribution in [-0.4, -0.2) is 49.9 Å². The summed E-state index contributed by atoms with van der Waals surface area (Å²) in [5.41, 5.74) is 5.91. The Hall–Kier alpha value is -3.90. The number of piperazine rings is 1. The van der Waals surface area contributed by atoms with Crippen LogP contribution in [0.1, 0.15) is 16.7 Å². The van der Waals surface area contributed by atoms with Crippen molar-refractivity contribution in [1.82, 2.24) is 4.90 Å². The van der Waals surface area contributed by atoms with Crippen LogP contribution in [0.2, 0.25) is 0 Å². The van der Waals surface area contributed by atoms with Crippen molar-refractivity contribution in [2.24, 2.45) is 0 Å². The van der Waals surface area contributed by atoms with Crippen LogP contribution in [0.25, 0.3) is 5.57 Å². The summed E-state index contributed by atoms with van der Waals surface area (Å²) in [6, 6.07) is 23.2. The molecule has 0 atom stereocenters. The lowest BCUT2D eigenvalue weighted by Crippen LogP contribution is -2.44. The Morgan fingerprint density at radius 1 is 0.743 bits per heavy atom. The van der Waals surface area contributed by atoms with Crippen LogP contribution >= 0.6 is 0 Å². The second-order valence-corrected chi connectivity index (χ2v) is 9.24. The van der Waals surface area contributed by atoms with E-state index in [1.807, 2.05) is 74.5 Å². The Bertz CT molecular complexity index is 1290. The van der Waals surface area contributed by atoms with E-state index in [1.165, 1.54) is 4.90 Å². The minimum Gasteiger partial charge on any atom is -0.369 e. The van der Waals surface area contributed by atoms with Gasteiger partial charge in [0.1, 0.15) is 5.70 Å². The van der Waals surface area contributed by atoms with Crippen molar-refractivity contribution in [3.8, 4) is 0 Å². The number of anilines is 3. The van der Waals surface area contributed by atoms with Crippen molar-refractivity contribution in [1.29, 1.82) is 0 Å². The fourth-order valence-electron chi connectivity index (χ4n) is 4.68. The van der Waals surface area contributed by atoms with E-state index in [0.29, 0.717) is 17.0 Å². The molecule has 3 aromatic rings. The van der Waals surface area contributed by atoms with Gasteiger partial charge in [-0.25, -0.2) is 4.90 Å². The van der Waals surface area contributed by atoms with Gasteiger partial charge in [0.15, 0.2) is 0 Å². The summed E-state index contributed by atoms with van der Waals surface area (Å²) in [6.45, 7) is 7.98. The van der Waals surface area contributed by atoms with Crippen LogP contribution in [0.15, 0.2) is 78.5 Å². The topological polar surface area (TPSA) is 55.9 Å². The fraction of sp³-hybridized carbons (Fsp3) is 0.241. The largest absolute Gasteiger partial charge is 0.369 e. The van der Waals surface area contributed by atoms with Crippen molar-refractivity contribution >= 4 is 34.4 Å². The highest BCUT2D eigenvalue weighted by atomic mass is 16.2. The summed E-state index contributed by atoms with van der Waals surface area (Å²) in [7, 11) is 2.14. The van der Waals surface area contributed by atoms with Crippen LogP contribution in [0.4, 0.5) is 17.1 Å². The summed E-state index contributed by atoms with van der Waals surface area (Å²) >= 11 is 0. The molecule has 5 rings (SSSR count). The molecule has 0 aliphatic carbocycles. The van der Waals surface area contributed by atoms with Crippen LogP contribution < -0.4 is 15.1 Å². The van der Waals surface area contributed by atoms with E-state index in [1.54, 1.807) is 0 Å². The van der Waals surface area contributed by atoms with Gasteiger partial charge in [-0.05, 0) is 67.9 Å². The molecule has 1 saturated heterocycles. The number of hydrogen-bond donors (Lipinski definition) is 1. The van der Waals surface area contributed by atoms with E-state index in [2.05, 4.69) is 34.3 Å². The number of imide groups is 1. The van der Waals surface area contributed by atoms with Gasteiger partial charge in [0.05, 0.1) is 11.3 Å². The summed E-state index contributed by atoms with van der Waals surface area (Å²) in [5.74, 6) is -0.655. The zero-order chi connectivity index (χ0) is 24.5. The summed E-state index contributed by atoms with van der Waals surface area (Å²) in [4.78, 5) is 33.3. The molecule has 6 heteroatoms. The van der Waals surface area contributed by atoms with Crippen LogP contribution in [0.5, 0.6) is 0 Å². The van der Waals surface area contributed by atoms with Crippen molar-refractivity contribution in [3.63, 3.8) is 0 Å². The number of nitrogens with one attached hydrogen (secondary N) is 1. The van der Waals surface area contributed by atoms with Crippen molar-refractivity contribution in [2.75, 3.05) is 48.3 Å². The van der Waals surface area contributed by atoms with Crippen molar-refractivity contribution in [3.05, 3.63) is 95.2 Å². The zero-order valence-corrected chi connectivity index (χ0v) is 20.4. The maximum absolute atomic E-state index is 13.7. The standard InChI is InChI=1S/C29H30N4O2/c1-20-8-7-11-25(21(20)2)33-28(34)26(22-9-5-4-6-10-22)27(29(33)35)30-23-12-14-24(15-13-23)32-18-16-31(3)17-19-32/h4-15,30H,16-19H2,1-3H3. The van der Waals surface area contributed by atoms with Crippen LogP contribution in [0, 0.1) is 13.8 Å². The quantitative estimate of drug-likeness (QED) is 0.563. The number of nitrogens with zero attached hydrogens (tertiary/aromatic N) is 3. The molecule has 3 aromatic carbocycles. The maximum Gasteiger partial charge on any atom is 0.282 e. The second kappa shape index (κ2) is 9.39. The van der Waals surface area contributed by atoms with Gasteiger partial charge in [-0.2, -0.15) is 0 Å². The Labute approximate surface area is 206 Å². The third kappa shape index (κ3) is 4.33. The predicted octanol–water partition coefficient (Wildman–Crippen LogP) is 4.45. The highest BCUT2D eigenvalue weighted by molar-refractivity contribution is 6.46. The number of rotatable bonds is 5. The number of carbonyl (C=O) groups is 2. The average Bonchev–Trinajstić information content (AvgIpc) is 3.11. The lowest BCUT2D eigenvalue weighted by molar-refractivity contribution is -0.120. The summed E-state index contributed by atoms with van der Waals surface area (Å²) in [6.07, 6.45) is 0. The van der Waals surface area contributed by atoms with Gasteiger partial charge in [-0.3, -0.25) is 9.59 Å². The molecule has 6 nitrogen and oxygen atoms in total. The summed E-state index contributed by atoms with van der Waals surface area (Å²) in [5, 5.41) is 3.28. The van der Waals surface area contributed by atoms with Gasteiger partial charge in [0, 0.05) is 37.6 Å². The molecule has 2 amide bonds. The summed E-state index contributed by atoms with van der Waals surface area (Å²) < 4.78 is 0. The smallest absolute Gasteiger partial charge is 0.282 e. The molecular formula is C29H30N4O2. The zero-order valence-electron chi connectivity index (χ0n) is 20.4. The fourth-order valence-corrected chi connectivity index (χ4v) is 4.68. The molecule has 2 heterocycles. The van der Waals surface area contributed by atoms with E-state index < -0.39 is 0 Å². The third-order valence-electron chi connectivity index (χ3n) is 6.97. The monoisotopic (exact) mass is 466 g/mol. The molecule has 0 aromatic heterocycles. The SMILES string of the molecule is Cc1cccc(N2C(=O)C(Nc3ccc(N4CCN(C)CC4)cc3)=C(c3ccccc3)C2=O)c1C. The van der Waals surface area contributed by atoms with Gasteiger partial charge in [-0.1, -0.05) is 42.5 Å². The van der Waals surface area contributed by atoms with Gasteiger partial charge in [0.2, 0.25) is 0 Å². The molecule has 1 N–H and O–H groups in total. The van der Waals surface area contributed by atoms with E-state index >= 15 is 0 Å². The number of carbonyl (C=O) groups excluding carboxylic acids is 2. The lowest BCUT2D eigenvalue weighted by Gasteiger charge is -2.34. The Morgan fingerprint density at radius 2 is 1.43 bits per heavy atom. The third-order valence-corrected chi connectivity index (χ3v) is 6.97. The first-order chi connectivity index (χ1) is 16.9. The molecule has 2 aliphatic rings. The van der Waals surface area contributed by atoms with E-state index in [9.17, 15) is 9.59 Å². The van der Waals surface area contributed by atoms with Gasteiger partial charge in [-0.15, -0.1) is 0 Å². The highest BCUT2D eigenvalue weighted by Crippen LogP contribution is 2.36. The predicted molar refractivity (Wildman–Crippen MR) is 142 cm³/mol. The van der Waals surface area contributed by atoms with E-state index in [4.69, 9.17) is 0 Å². The van der Waals surface area contributed by atoms with Crippen molar-refractivity contribution in [2.45, 2.75) is 13.8 Å². The van der Waals surface area contributed by atoms with E-state index in [0.717, 1.165) is 54.2 Å². The minimum atomic E-state index is -0.342. The molecule has 35 heavy (non-hydrogen) atoms. The minimum absolute atomic E-state index is 0.300. The van der Waals surface area contributed by atoms with Crippen LogP contribution in [-0.2, 0) is 9.59 Å². The first kappa shape index (κ1) is 22.9.